The molecule has 27 heavy (non-hydrogen) atoms. The molecule has 4 heteroatoms. The molecule has 1 aromatic heterocycles. The Balaban J connectivity index is 1.22. The average molecular weight is 362 g/mol. The van der Waals surface area contributed by atoms with Crippen LogP contribution in [0.2, 0.25) is 0 Å². The van der Waals surface area contributed by atoms with Gasteiger partial charge in [-0.25, -0.2) is 4.98 Å². The monoisotopic (exact) mass is 362 g/mol. The topological polar surface area (TPSA) is 36.3 Å². The van der Waals surface area contributed by atoms with Gasteiger partial charge in [0.1, 0.15) is 0 Å². The van der Waals surface area contributed by atoms with E-state index >= 15 is 0 Å². The van der Waals surface area contributed by atoms with Crippen molar-refractivity contribution in [3.8, 4) is 11.8 Å². The van der Waals surface area contributed by atoms with Crippen LogP contribution in [0.4, 0.5) is 0 Å². The molecule has 2 aliphatic carbocycles. The third-order valence-electron chi connectivity index (χ3n) is 5.87. The van der Waals surface area contributed by atoms with E-state index < -0.39 is 0 Å². The lowest BCUT2D eigenvalue weighted by Gasteiger charge is -2.29. The van der Waals surface area contributed by atoms with E-state index in [1.165, 1.54) is 36.8 Å². The average Bonchev–Trinajstić information content (AvgIpc) is 3.60. The van der Waals surface area contributed by atoms with E-state index in [0.717, 1.165) is 30.9 Å². The van der Waals surface area contributed by atoms with E-state index in [0.29, 0.717) is 17.9 Å². The fraction of sp³-hybridized carbons (Fsp3) is 0.522. The fourth-order valence-electron chi connectivity index (χ4n) is 3.52. The van der Waals surface area contributed by atoms with Crippen molar-refractivity contribution < 1.29 is 9.47 Å². The molecule has 3 aliphatic rings. The maximum absolute atomic E-state index is 5.89. The molecular weight excluding hydrogens is 336 g/mol. The van der Waals surface area contributed by atoms with Gasteiger partial charge in [-0.15, -0.1) is 0 Å². The molecule has 0 unspecified atom stereocenters. The van der Waals surface area contributed by atoms with Gasteiger partial charge in [0, 0.05) is 29.5 Å². The van der Waals surface area contributed by atoms with Crippen LogP contribution < -0.4 is 0 Å². The smallest absolute Gasteiger partial charge is 0.175 e. The molecule has 2 saturated carbocycles. The molecule has 0 atom stereocenters. The summed E-state index contributed by atoms with van der Waals surface area (Å²) in [6.45, 7) is 4.54. The zero-order valence-electron chi connectivity index (χ0n) is 15.9. The van der Waals surface area contributed by atoms with Gasteiger partial charge in [0.2, 0.25) is 0 Å². The van der Waals surface area contributed by atoms with Gasteiger partial charge < -0.3 is 14.0 Å². The molecule has 0 bridgehead atoms. The van der Waals surface area contributed by atoms with Gasteiger partial charge in [0.05, 0.1) is 31.8 Å². The lowest BCUT2D eigenvalue weighted by Crippen LogP contribution is -2.35. The van der Waals surface area contributed by atoms with Crippen LogP contribution in [0.15, 0.2) is 30.7 Å². The SMILES string of the molecule is Cc1ccc(C#CC2CC2)cc1Cc1cn(CC2OCC3(CC3)CO2)cn1. The molecule has 0 amide bonds. The third kappa shape index (κ3) is 4.10. The summed E-state index contributed by atoms with van der Waals surface area (Å²) in [5.74, 6) is 7.30. The zero-order valence-corrected chi connectivity index (χ0v) is 15.9. The predicted molar refractivity (Wildman–Crippen MR) is 103 cm³/mol. The molecule has 3 fully saturated rings. The number of hydrogen-bond acceptors (Lipinski definition) is 3. The highest BCUT2D eigenvalue weighted by molar-refractivity contribution is 5.42. The normalized spacial score (nSPS) is 21.1. The van der Waals surface area contributed by atoms with Crippen LogP contribution in [0.25, 0.3) is 0 Å². The van der Waals surface area contributed by atoms with Crippen molar-refractivity contribution in [2.75, 3.05) is 13.2 Å². The van der Waals surface area contributed by atoms with Crippen molar-refractivity contribution >= 4 is 0 Å². The van der Waals surface area contributed by atoms with Crippen LogP contribution in [0.5, 0.6) is 0 Å². The first kappa shape index (κ1) is 17.0. The van der Waals surface area contributed by atoms with E-state index in [-0.39, 0.29) is 6.29 Å². The number of nitrogens with zero attached hydrogens (tertiary/aromatic N) is 2. The summed E-state index contributed by atoms with van der Waals surface area (Å²) in [6, 6.07) is 6.50. The quantitative estimate of drug-likeness (QED) is 0.778. The largest absolute Gasteiger partial charge is 0.350 e. The molecule has 5 rings (SSSR count). The Hall–Kier alpha value is -2.09. The summed E-state index contributed by atoms with van der Waals surface area (Å²) in [7, 11) is 0. The fourth-order valence-corrected chi connectivity index (χ4v) is 3.52. The lowest BCUT2D eigenvalue weighted by atomic mass is 10.0. The molecule has 1 aliphatic heterocycles. The molecular formula is C23H26N2O2. The Morgan fingerprint density at radius 2 is 2.04 bits per heavy atom. The van der Waals surface area contributed by atoms with E-state index in [2.05, 4.69) is 52.7 Å². The maximum Gasteiger partial charge on any atom is 0.175 e. The minimum absolute atomic E-state index is 0.152. The van der Waals surface area contributed by atoms with E-state index in [1.54, 1.807) is 0 Å². The number of hydrogen-bond donors (Lipinski definition) is 0. The van der Waals surface area contributed by atoms with E-state index in [4.69, 9.17) is 9.47 Å². The van der Waals surface area contributed by atoms with Crippen molar-refractivity contribution in [3.63, 3.8) is 0 Å². The van der Waals surface area contributed by atoms with E-state index in [9.17, 15) is 0 Å². The zero-order chi connectivity index (χ0) is 18.3. The number of aromatic nitrogens is 2. The lowest BCUT2D eigenvalue weighted by molar-refractivity contribution is -0.212. The standard InChI is InChI=1S/C23H26N2O2/c1-17-2-3-19(7-6-18-4-5-18)10-20(17)11-21-12-25(16-24-21)13-22-26-14-23(8-9-23)15-27-22/h2-3,10,12,16,18,22H,4-5,8-9,11,13-15H2,1H3. The van der Waals surface area contributed by atoms with Gasteiger partial charge in [-0.3, -0.25) is 0 Å². The summed E-state index contributed by atoms with van der Waals surface area (Å²) >= 11 is 0. The van der Waals surface area contributed by atoms with Gasteiger partial charge >= 0.3 is 0 Å². The Bertz CT molecular complexity index is 887. The highest BCUT2D eigenvalue weighted by Gasteiger charge is 2.46. The number of aryl methyl sites for hydroxylation is 1. The summed E-state index contributed by atoms with van der Waals surface area (Å²) in [4.78, 5) is 4.59. The number of benzene rings is 1. The second-order valence-electron chi connectivity index (χ2n) is 8.48. The highest BCUT2D eigenvalue weighted by atomic mass is 16.7. The van der Waals surface area contributed by atoms with Crippen LogP contribution in [0.1, 0.15) is 48.1 Å². The van der Waals surface area contributed by atoms with Crippen LogP contribution >= 0.6 is 0 Å². The van der Waals surface area contributed by atoms with Crippen LogP contribution in [0, 0.1) is 30.1 Å². The molecule has 1 saturated heterocycles. The summed E-state index contributed by atoms with van der Waals surface area (Å²) < 4.78 is 13.9. The number of imidazole rings is 1. The van der Waals surface area contributed by atoms with Crippen molar-refractivity contribution in [2.45, 2.75) is 51.9 Å². The molecule has 1 aromatic carbocycles. The molecule has 0 N–H and O–H groups in total. The molecule has 2 heterocycles. The highest BCUT2D eigenvalue weighted by Crippen LogP contribution is 2.48. The van der Waals surface area contributed by atoms with E-state index in [1.807, 2.05) is 6.33 Å². The molecule has 1 spiro atoms. The predicted octanol–water partition coefficient (Wildman–Crippen LogP) is 3.70. The first-order valence-electron chi connectivity index (χ1n) is 10.0. The first-order chi connectivity index (χ1) is 13.2. The maximum atomic E-state index is 5.89. The van der Waals surface area contributed by atoms with Gasteiger partial charge in [-0.1, -0.05) is 17.9 Å². The van der Waals surface area contributed by atoms with Gasteiger partial charge in [0.15, 0.2) is 6.29 Å². The van der Waals surface area contributed by atoms with Crippen LogP contribution in [0.3, 0.4) is 0 Å². The number of ether oxygens (including phenoxy) is 2. The first-order valence-corrected chi connectivity index (χ1v) is 10.0. The van der Waals surface area contributed by atoms with Gasteiger partial charge in [-0.2, -0.15) is 0 Å². The minimum atomic E-state index is -0.152. The summed E-state index contributed by atoms with van der Waals surface area (Å²) in [5, 5.41) is 0. The van der Waals surface area contributed by atoms with Crippen molar-refractivity contribution in [1.29, 1.82) is 0 Å². The second kappa shape index (κ2) is 6.82. The molecule has 0 radical (unpaired) electrons. The minimum Gasteiger partial charge on any atom is -0.350 e. The van der Waals surface area contributed by atoms with Crippen LogP contribution in [-0.4, -0.2) is 29.1 Å². The molecule has 2 aromatic rings. The molecule has 140 valence electrons. The van der Waals surface area contributed by atoms with Crippen molar-refractivity contribution in [3.05, 3.63) is 53.1 Å². The second-order valence-corrected chi connectivity index (χ2v) is 8.48. The molecule has 4 nitrogen and oxygen atoms in total. The Kier molecular flexibility index (Phi) is 4.30. The Morgan fingerprint density at radius 1 is 1.22 bits per heavy atom. The summed E-state index contributed by atoms with van der Waals surface area (Å²) in [6.07, 6.45) is 9.69. The Labute approximate surface area is 160 Å². The third-order valence-corrected chi connectivity index (χ3v) is 5.87. The van der Waals surface area contributed by atoms with Crippen molar-refractivity contribution in [1.82, 2.24) is 9.55 Å². The van der Waals surface area contributed by atoms with Crippen molar-refractivity contribution in [2.24, 2.45) is 11.3 Å². The summed E-state index contributed by atoms with van der Waals surface area (Å²) in [5.41, 5.74) is 5.11. The number of rotatable bonds is 4. The van der Waals surface area contributed by atoms with Gasteiger partial charge in [0.25, 0.3) is 0 Å². The van der Waals surface area contributed by atoms with Gasteiger partial charge in [-0.05, 0) is 55.9 Å². The Morgan fingerprint density at radius 3 is 2.78 bits per heavy atom. The van der Waals surface area contributed by atoms with Crippen LogP contribution in [-0.2, 0) is 22.4 Å².